The van der Waals surface area contributed by atoms with Crippen LogP contribution in [0.3, 0.4) is 0 Å². The third kappa shape index (κ3) is 2.33. The number of ether oxygens (including phenoxy) is 2. The summed E-state index contributed by atoms with van der Waals surface area (Å²) in [5.74, 6) is 0.517. The molecule has 0 saturated carbocycles. The van der Waals surface area contributed by atoms with Gasteiger partial charge in [0.2, 0.25) is 0 Å². The number of carbonyl (C=O) groups is 2. The quantitative estimate of drug-likeness (QED) is 0.772. The number of nitrogens with one attached hydrogen (secondary N) is 1. The highest BCUT2D eigenvalue weighted by molar-refractivity contribution is 5.94. The zero-order valence-corrected chi connectivity index (χ0v) is 10.9. The van der Waals surface area contributed by atoms with Crippen LogP contribution in [-0.4, -0.2) is 38.6 Å². The molecule has 10 heteroatoms. The van der Waals surface area contributed by atoms with Crippen molar-refractivity contribution in [3.8, 4) is 22.9 Å². The van der Waals surface area contributed by atoms with Crippen molar-refractivity contribution in [1.82, 2.24) is 20.0 Å². The summed E-state index contributed by atoms with van der Waals surface area (Å²) in [6, 6.07) is 1.61. The van der Waals surface area contributed by atoms with Crippen molar-refractivity contribution in [3.05, 3.63) is 12.3 Å². The first-order valence-corrected chi connectivity index (χ1v) is 5.84. The van der Waals surface area contributed by atoms with Crippen molar-refractivity contribution >= 4 is 17.8 Å². The Morgan fingerprint density at radius 2 is 2.38 bits per heavy atom. The van der Waals surface area contributed by atoms with Crippen molar-refractivity contribution in [2.75, 3.05) is 11.9 Å². The summed E-state index contributed by atoms with van der Waals surface area (Å²) in [5.41, 5.74) is 5.80. The maximum atomic E-state index is 11.2. The van der Waals surface area contributed by atoms with Crippen molar-refractivity contribution < 1.29 is 19.1 Å². The van der Waals surface area contributed by atoms with Gasteiger partial charge in [0, 0.05) is 18.8 Å². The molecule has 2 aromatic rings. The van der Waals surface area contributed by atoms with Gasteiger partial charge < -0.3 is 20.5 Å². The molecule has 3 N–H and O–H groups in total. The molecule has 0 atom stereocenters. The lowest BCUT2D eigenvalue weighted by atomic mass is 10.2. The summed E-state index contributed by atoms with van der Waals surface area (Å²) in [4.78, 5) is 26.2. The van der Waals surface area contributed by atoms with Gasteiger partial charge in [0.25, 0.3) is 11.8 Å². The van der Waals surface area contributed by atoms with Gasteiger partial charge in [-0.15, -0.1) is 5.10 Å². The maximum absolute atomic E-state index is 11.2. The lowest BCUT2D eigenvalue weighted by Gasteiger charge is -2.17. The topological polar surface area (TPSA) is 134 Å². The van der Waals surface area contributed by atoms with Crippen molar-refractivity contribution in [1.29, 1.82) is 0 Å². The van der Waals surface area contributed by atoms with Crippen molar-refractivity contribution in [2.24, 2.45) is 12.8 Å². The number of hydrogen-bond donors (Lipinski definition) is 2. The number of fused-ring (bicyclic) bond motifs is 1. The molecule has 0 spiro atoms. The summed E-state index contributed by atoms with van der Waals surface area (Å²) >= 11 is 0. The van der Waals surface area contributed by atoms with E-state index in [2.05, 4.69) is 20.6 Å². The molecule has 21 heavy (non-hydrogen) atoms. The van der Waals surface area contributed by atoms with E-state index in [1.165, 1.54) is 10.9 Å². The van der Waals surface area contributed by atoms with E-state index in [9.17, 15) is 9.59 Å². The second kappa shape index (κ2) is 4.74. The SMILES string of the molecule is Cn1nnc(-c2cnc3c(c2)OCC(=O)N3)c1OC(N)=O. The number of nitrogens with two attached hydrogens (primary N) is 1. The van der Waals surface area contributed by atoms with Gasteiger partial charge in [-0.3, -0.25) is 4.79 Å². The van der Waals surface area contributed by atoms with Gasteiger partial charge in [-0.25, -0.2) is 14.5 Å². The molecule has 10 nitrogen and oxygen atoms in total. The van der Waals surface area contributed by atoms with Gasteiger partial charge in [0.1, 0.15) is 0 Å². The molecule has 3 rings (SSSR count). The van der Waals surface area contributed by atoms with Crippen LogP contribution >= 0.6 is 0 Å². The van der Waals surface area contributed by atoms with Crippen LogP contribution in [0.15, 0.2) is 12.3 Å². The van der Waals surface area contributed by atoms with E-state index in [4.69, 9.17) is 15.2 Å². The highest BCUT2D eigenvalue weighted by atomic mass is 16.6. The molecule has 108 valence electrons. The summed E-state index contributed by atoms with van der Waals surface area (Å²) in [6.45, 7) is -0.0940. The third-order valence-electron chi connectivity index (χ3n) is 2.72. The predicted molar refractivity (Wildman–Crippen MR) is 68.6 cm³/mol. The second-order valence-corrected chi connectivity index (χ2v) is 4.20. The lowest BCUT2D eigenvalue weighted by Crippen LogP contribution is -2.26. The molecule has 0 fully saturated rings. The Bertz CT molecular complexity index is 740. The summed E-state index contributed by atoms with van der Waals surface area (Å²) < 4.78 is 11.4. The van der Waals surface area contributed by atoms with Gasteiger partial charge in [0.15, 0.2) is 23.9 Å². The zero-order chi connectivity index (χ0) is 15.0. The fourth-order valence-corrected chi connectivity index (χ4v) is 1.83. The number of aryl methyl sites for hydroxylation is 1. The Morgan fingerprint density at radius 1 is 1.57 bits per heavy atom. The molecule has 2 aromatic heterocycles. The Hall–Kier alpha value is -3.17. The Morgan fingerprint density at radius 3 is 3.14 bits per heavy atom. The lowest BCUT2D eigenvalue weighted by molar-refractivity contribution is -0.118. The van der Waals surface area contributed by atoms with Crippen LogP contribution in [0.4, 0.5) is 10.6 Å². The van der Waals surface area contributed by atoms with Gasteiger partial charge in [-0.2, -0.15) is 0 Å². The number of aromatic nitrogens is 4. The van der Waals surface area contributed by atoms with Crippen molar-refractivity contribution in [3.63, 3.8) is 0 Å². The molecule has 0 aromatic carbocycles. The molecule has 0 aliphatic carbocycles. The zero-order valence-electron chi connectivity index (χ0n) is 10.9. The number of primary amides is 1. The number of carbonyl (C=O) groups excluding carboxylic acids is 2. The first-order valence-electron chi connectivity index (χ1n) is 5.84. The van der Waals surface area contributed by atoms with E-state index in [1.54, 1.807) is 13.1 Å². The highest BCUT2D eigenvalue weighted by Gasteiger charge is 2.21. The van der Waals surface area contributed by atoms with E-state index in [1.807, 2.05) is 0 Å². The van der Waals surface area contributed by atoms with Gasteiger partial charge in [0.05, 0.1) is 0 Å². The molecular weight excluding hydrogens is 280 g/mol. The molecule has 0 saturated heterocycles. The smallest absolute Gasteiger partial charge is 0.411 e. The number of rotatable bonds is 2. The normalized spacial score (nSPS) is 13.1. The highest BCUT2D eigenvalue weighted by Crippen LogP contribution is 2.33. The Labute approximate surface area is 117 Å². The minimum Gasteiger partial charge on any atom is -0.480 e. The number of nitrogens with zero attached hydrogens (tertiary/aromatic N) is 4. The van der Waals surface area contributed by atoms with Crippen LogP contribution in [0.1, 0.15) is 0 Å². The molecule has 2 amide bonds. The minimum atomic E-state index is -0.976. The fourth-order valence-electron chi connectivity index (χ4n) is 1.83. The van der Waals surface area contributed by atoms with E-state index in [0.29, 0.717) is 17.1 Å². The van der Waals surface area contributed by atoms with Gasteiger partial charge in [-0.05, 0) is 6.07 Å². The maximum Gasteiger partial charge on any atom is 0.411 e. The largest absolute Gasteiger partial charge is 0.480 e. The molecule has 0 unspecified atom stereocenters. The van der Waals surface area contributed by atoms with Crippen LogP contribution in [-0.2, 0) is 11.8 Å². The number of anilines is 1. The van der Waals surface area contributed by atoms with Gasteiger partial charge >= 0.3 is 6.09 Å². The second-order valence-electron chi connectivity index (χ2n) is 4.20. The summed E-state index contributed by atoms with van der Waals surface area (Å²) in [6.07, 6.45) is 0.474. The molecule has 3 heterocycles. The summed E-state index contributed by atoms with van der Waals surface area (Å²) in [5, 5.41) is 10.2. The Balaban J connectivity index is 2.02. The summed E-state index contributed by atoms with van der Waals surface area (Å²) in [7, 11) is 1.55. The number of pyridine rings is 1. The van der Waals surface area contributed by atoms with Gasteiger partial charge in [-0.1, -0.05) is 5.21 Å². The molecule has 0 bridgehead atoms. The molecule has 1 aliphatic rings. The minimum absolute atomic E-state index is 0.0871. The molecular formula is C11H10N6O4. The third-order valence-corrected chi connectivity index (χ3v) is 2.72. The van der Waals surface area contributed by atoms with E-state index in [0.717, 1.165) is 0 Å². The van der Waals surface area contributed by atoms with Crippen LogP contribution in [0.25, 0.3) is 11.3 Å². The number of hydrogen-bond acceptors (Lipinski definition) is 7. The molecule has 0 radical (unpaired) electrons. The van der Waals surface area contributed by atoms with Crippen LogP contribution < -0.4 is 20.5 Å². The van der Waals surface area contributed by atoms with E-state index < -0.39 is 6.09 Å². The Kier molecular flexibility index (Phi) is 2.90. The monoisotopic (exact) mass is 290 g/mol. The van der Waals surface area contributed by atoms with E-state index >= 15 is 0 Å². The van der Waals surface area contributed by atoms with Crippen LogP contribution in [0.5, 0.6) is 11.6 Å². The van der Waals surface area contributed by atoms with Crippen molar-refractivity contribution in [2.45, 2.75) is 0 Å². The van der Waals surface area contributed by atoms with Crippen LogP contribution in [0, 0.1) is 0 Å². The first kappa shape index (κ1) is 12.8. The molecule has 1 aliphatic heterocycles. The fraction of sp³-hybridized carbons (Fsp3) is 0.182. The standard InChI is InChI=1S/C11H10N6O4/c1-17-10(21-11(12)19)8(15-16-17)5-2-6-9(13-3-5)14-7(18)4-20-6/h2-3H,4H2,1H3,(H2,12,19)(H,13,14,18). The van der Waals surface area contributed by atoms with Crippen LogP contribution in [0.2, 0.25) is 0 Å². The first-order chi connectivity index (χ1) is 10.0. The average molecular weight is 290 g/mol. The predicted octanol–water partition coefficient (Wildman–Crippen LogP) is -0.335. The van der Waals surface area contributed by atoms with E-state index in [-0.39, 0.29) is 24.1 Å². The average Bonchev–Trinajstić information content (AvgIpc) is 2.79. The number of amides is 2.